The van der Waals surface area contributed by atoms with Gasteiger partial charge in [0.05, 0.1) is 13.7 Å². The van der Waals surface area contributed by atoms with Crippen LogP contribution in [0.3, 0.4) is 0 Å². The highest BCUT2D eigenvalue weighted by Crippen LogP contribution is 2.27. The van der Waals surface area contributed by atoms with Crippen LogP contribution in [0.25, 0.3) is 0 Å². The predicted octanol–water partition coefficient (Wildman–Crippen LogP) is 2.13. The van der Waals surface area contributed by atoms with Gasteiger partial charge in [-0.1, -0.05) is 6.07 Å². The van der Waals surface area contributed by atoms with Crippen molar-refractivity contribution < 1.29 is 9.47 Å². The maximum Gasteiger partial charge on any atom is 0.161 e. The van der Waals surface area contributed by atoms with Crippen LogP contribution in [0, 0.1) is 0 Å². The van der Waals surface area contributed by atoms with E-state index in [1.807, 2.05) is 19.1 Å². The molecule has 1 N–H and O–H groups in total. The van der Waals surface area contributed by atoms with Gasteiger partial charge < -0.3 is 19.7 Å². The van der Waals surface area contributed by atoms with Gasteiger partial charge in [-0.2, -0.15) is 0 Å². The Bertz CT molecular complexity index is 380. The highest BCUT2D eigenvalue weighted by atomic mass is 16.5. The zero-order valence-electron chi connectivity index (χ0n) is 12.7. The average molecular weight is 266 g/mol. The summed E-state index contributed by atoms with van der Waals surface area (Å²) in [6.07, 6.45) is 0. The van der Waals surface area contributed by atoms with Gasteiger partial charge in [-0.3, -0.25) is 0 Å². The highest BCUT2D eigenvalue weighted by Gasteiger charge is 2.07. The summed E-state index contributed by atoms with van der Waals surface area (Å²) >= 11 is 0. The van der Waals surface area contributed by atoms with Crippen LogP contribution in [0.1, 0.15) is 19.4 Å². The van der Waals surface area contributed by atoms with Crippen LogP contribution in [0.15, 0.2) is 18.2 Å². The van der Waals surface area contributed by atoms with Gasteiger partial charge in [-0.15, -0.1) is 0 Å². The van der Waals surface area contributed by atoms with Crippen molar-refractivity contribution >= 4 is 0 Å². The topological polar surface area (TPSA) is 33.7 Å². The summed E-state index contributed by atoms with van der Waals surface area (Å²) in [5, 5.41) is 3.49. The lowest BCUT2D eigenvalue weighted by atomic mass is 10.2. The Kier molecular flexibility index (Phi) is 6.67. The molecule has 0 aliphatic heterocycles. The van der Waals surface area contributed by atoms with Crippen LogP contribution >= 0.6 is 0 Å². The number of likely N-dealkylation sites (N-methyl/N-ethyl adjacent to an activating group) is 1. The molecule has 0 aliphatic carbocycles. The number of hydrogen-bond acceptors (Lipinski definition) is 4. The Morgan fingerprint density at radius 2 is 2.00 bits per heavy atom. The average Bonchev–Trinajstić information content (AvgIpc) is 2.37. The normalized spacial score (nSPS) is 12.5. The van der Waals surface area contributed by atoms with Gasteiger partial charge in [0.1, 0.15) is 0 Å². The zero-order chi connectivity index (χ0) is 14.3. The van der Waals surface area contributed by atoms with Crippen LogP contribution in [-0.4, -0.2) is 45.3 Å². The summed E-state index contributed by atoms with van der Waals surface area (Å²) in [5.74, 6) is 1.59. The Morgan fingerprint density at radius 1 is 1.26 bits per heavy atom. The molecule has 0 bridgehead atoms. The maximum atomic E-state index is 5.51. The molecule has 0 spiro atoms. The first-order chi connectivity index (χ1) is 9.06. The third kappa shape index (κ3) is 5.49. The molecule has 1 aromatic carbocycles. The summed E-state index contributed by atoms with van der Waals surface area (Å²) in [6, 6.07) is 6.52. The molecule has 1 atom stereocenters. The Labute approximate surface area is 116 Å². The molecular weight excluding hydrogens is 240 g/mol. The molecular formula is C15H26N2O2. The van der Waals surface area contributed by atoms with Gasteiger partial charge in [-0.05, 0) is 45.6 Å². The Morgan fingerprint density at radius 3 is 2.58 bits per heavy atom. The molecule has 0 radical (unpaired) electrons. The molecule has 0 fully saturated rings. The van der Waals surface area contributed by atoms with Crippen molar-refractivity contribution in [3.8, 4) is 11.5 Å². The third-order valence-electron chi connectivity index (χ3n) is 2.82. The second-order valence-corrected chi connectivity index (χ2v) is 4.96. The highest BCUT2D eigenvalue weighted by molar-refractivity contribution is 5.42. The lowest BCUT2D eigenvalue weighted by Gasteiger charge is -2.18. The lowest BCUT2D eigenvalue weighted by Crippen LogP contribution is -2.35. The fourth-order valence-electron chi connectivity index (χ4n) is 2.00. The van der Waals surface area contributed by atoms with E-state index >= 15 is 0 Å². The number of methoxy groups -OCH3 is 1. The van der Waals surface area contributed by atoms with Gasteiger partial charge in [0.15, 0.2) is 11.5 Å². The van der Waals surface area contributed by atoms with Crippen LogP contribution in [0.4, 0.5) is 0 Å². The lowest BCUT2D eigenvalue weighted by molar-refractivity contribution is 0.310. The number of benzene rings is 1. The Hall–Kier alpha value is -1.26. The van der Waals surface area contributed by atoms with Gasteiger partial charge in [0, 0.05) is 19.1 Å². The SMILES string of the molecule is CCOc1ccc(CNC(C)CN(C)C)cc1OC. The Balaban J connectivity index is 2.59. The minimum absolute atomic E-state index is 0.451. The van der Waals surface area contributed by atoms with Crippen molar-refractivity contribution in [2.24, 2.45) is 0 Å². The molecule has 19 heavy (non-hydrogen) atoms. The molecule has 4 heteroatoms. The second-order valence-electron chi connectivity index (χ2n) is 4.96. The van der Waals surface area contributed by atoms with Crippen molar-refractivity contribution in [1.82, 2.24) is 10.2 Å². The fraction of sp³-hybridized carbons (Fsp3) is 0.600. The largest absolute Gasteiger partial charge is 0.493 e. The smallest absolute Gasteiger partial charge is 0.161 e. The minimum Gasteiger partial charge on any atom is -0.493 e. The summed E-state index contributed by atoms with van der Waals surface area (Å²) < 4.78 is 10.9. The molecule has 0 aromatic heterocycles. The van der Waals surface area contributed by atoms with E-state index in [-0.39, 0.29) is 0 Å². The molecule has 1 unspecified atom stereocenters. The van der Waals surface area contributed by atoms with Crippen molar-refractivity contribution in [1.29, 1.82) is 0 Å². The number of nitrogens with one attached hydrogen (secondary N) is 1. The summed E-state index contributed by atoms with van der Waals surface area (Å²) in [5.41, 5.74) is 1.20. The van der Waals surface area contributed by atoms with Crippen LogP contribution in [0.5, 0.6) is 11.5 Å². The van der Waals surface area contributed by atoms with Gasteiger partial charge >= 0.3 is 0 Å². The fourth-order valence-corrected chi connectivity index (χ4v) is 2.00. The van der Waals surface area contributed by atoms with E-state index in [0.29, 0.717) is 12.6 Å². The van der Waals surface area contributed by atoms with E-state index in [1.54, 1.807) is 7.11 Å². The third-order valence-corrected chi connectivity index (χ3v) is 2.82. The number of ether oxygens (including phenoxy) is 2. The first kappa shape index (κ1) is 15.8. The summed E-state index contributed by atoms with van der Waals surface area (Å²) in [4.78, 5) is 2.18. The van der Waals surface area contributed by atoms with E-state index in [0.717, 1.165) is 24.6 Å². The van der Waals surface area contributed by atoms with Crippen molar-refractivity contribution in [3.05, 3.63) is 23.8 Å². The van der Waals surface area contributed by atoms with Gasteiger partial charge in [0.25, 0.3) is 0 Å². The number of rotatable bonds is 8. The molecule has 1 rings (SSSR count). The molecule has 108 valence electrons. The minimum atomic E-state index is 0.451. The number of nitrogens with zero attached hydrogens (tertiary/aromatic N) is 1. The van der Waals surface area contributed by atoms with E-state index in [1.165, 1.54) is 5.56 Å². The molecule has 0 saturated carbocycles. The van der Waals surface area contributed by atoms with Gasteiger partial charge in [-0.25, -0.2) is 0 Å². The predicted molar refractivity (Wildman–Crippen MR) is 79.0 cm³/mol. The standard InChI is InChI=1S/C15H26N2O2/c1-6-19-14-8-7-13(9-15(14)18-5)10-16-12(2)11-17(3)4/h7-9,12,16H,6,10-11H2,1-5H3. The summed E-state index contributed by atoms with van der Waals surface area (Å²) in [6.45, 7) is 6.66. The summed E-state index contributed by atoms with van der Waals surface area (Å²) in [7, 11) is 5.83. The molecule has 1 aromatic rings. The van der Waals surface area contributed by atoms with Crippen LogP contribution < -0.4 is 14.8 Å². The van der Waals surface area contributed by atoms with E-state index in [2.05, 4.69) is 37.3 Å². The zero-order valence-corrected chi connectivity index (χ0v) is 12.7. The quantitative estimate of drug-likeness (QED) is 0.781. The van der Waals surface area contributed by atoms with Gasteiger partial charge in [0.2, 0.25) is 0 Å². The molecule has 0 aliphatic rings. The van der Waals surface area contributed by atoms with Crippen molar-refractivity contribution in [2.75, 3.05) is 34.4 Å². The molecule has 0 heterocycles. The first-order valence-corrected chi connectivity index (χ1v) is 6.74. The van der Waals surface area contributed by atoms with Crippen molar-refractivity contribution in [2.45, 2.75) is 26.4 Å². The van der Waals surface area contributed by atoms with E-state index < -0.39 is 0 Å². The first-order valence-electron chi connectivity index (χ1n) is 6.74. The monoisotopic (exact) mass is 266 g/mol. The maximum absolute atomic E-state index is 5.51. The van der Waals surface area contributed by atoms with Crippen LogP contribution in [-0.2, 0) is 6.54 Å². The second kappa shape index (κ2) is 8.02. The molecule has 0 amide bonds. The van der Waals surface area contributed by atoms with E-state index in [4.69, 9.17) is 9.47 Å². The number of hydrogen-bond donors (Lipinski definition) is 1. The molecule has 4 nitrogen and oxygen atoms in total. The van der Waals surface area contributed by atoms with Crippen LogP contribution in [0.2, 0.25) is 0 Å². The van der Waals surface area contributed by atoms with Crippen molar-refractivity contribution in [3.63, 3.8) is 0 Å². The molecule has 0 saturated heterocycles. The van der Waals surface area contributed by atoms with E-state index in [9.17, 15) is 0 Å².